The van der Waals surface area contributed by atoms with Crippen molar-refractivity contribution in [2.45, 2.75) is 46.6 Å². The summed E-state index contributed by atoms with van der Waals surface area (Å²) in [4.78, 5) is 5.10. The van der Waals surface area contributed by atoms with Gasteiger partial charge in [-0.1, -0.05) is 32.9 Å². The Morgan fingerprint density at radius 3 is 2.42 bits per heavy atom. The normalized spacial score (nSPS) is 22.4. The van der Waals surface area contributed by atoms with E-state index in [1.54, 1.807) is 0 Å². The van der Waals surface area contributed by atoms with E-state index in [4.69, 9.17) is 5.73 Å². The maximum Gasteiger partial charge on any atom is 0.0390 e. The second-order valence-electron chi connectivity index (χ2n) is 8.23. The Morgan fingerprint density at radius 2 is 1.79 bits per heavy atom. The minimum Gasteiger partial charge on any atom is -0.398 e. The molecule has 1 aromatic carbocycles. The first-order valence-corrected chi connectivity index (χ1v) is 9.49. The second-order valence-corrected chi connectivity index (χ2v) is 8.23. The van der Waals surface area contributed by atoms with Gasteiger partial charge in [-0.25, -0.2) is 0 Å². The fraction of sp³-hybridized carbons (Fsp3) is 0.619. The van der Waals surface area contributed by atoms with Crippen LogP contribution in [0.3, 0.4) is 0 Å². The first kappa shape index (κ1) is 17.5. The van der Waals surface area contributed by atoms with Crippen LogP contribution in [0, 0.1) is 5.41 Å². The Labute approximate surface area is 147 Å². The smallest absolute Gasteiger partial charge is 0.0390 e. The summed E-state index contributed by atoms with van der Waals surface area (Å²) < 4.78 is 0. The molecule has 1 aliphatic heterocycles. The minimum absolute atomic E-state index is 0.439. The molecule has 0 saturated carbocycles. The molecule has 0 atom stereocenters. The topological polar surface area (TPSA) is 32.5 Å². The average molecular weight is 328 g/mol. The lowest BCUT2D eigenvalue weighted by Gasteiger charge is -2.34. The van der Waals surface area contributed by atoms with Gasteiger partial charge in [0.05, 0.1) is 0 Å². The fourth-order valence-electron chi connectivity index (χ4n) is 3.82. The van der Waals surface area contributed by atoms with E-state index in [9.17, 15) is 0 Å². The highest BCUT2D eigenvalue weighted by Gasteiger charge is 2.23. The summed E-state index contributed by atoms with van der Waals surface area (Å²) in [5, 5.41) is 0. The zero-order chi connectivity index (χ0) is 17.2. The lowest BCUT2D eigenvalue weighted by molar-refractivity contribution is 0.132. The molecule has 0 radical (unpaired) electrons. The van der Waals surface area contributed by atoms with Crippen LogP contribution in [0.4, 0.5) is 5.69 Å². The van der Waals surface area contributed by atoms with Crippen molar-refractivity contribution in [2.24, 2.45) is 5.41 Å². The highest BCUT2D eigenvalue weighted by atomic mass is 15.3. The van der Waals surface area contributed by atoms with Crippen LogP contribution in [0.15, 0.2) is 24.3 Å². The van der Waals surface area contributed by atoms with Gasteiger partial charge in [-0.15, -0.1) is 0 Å². The molecule has 3 nitrogen and oxygen atoms in total. The van der Waals surface area contributed by atoms with Gasteiger partial charge in [-0.2, -0.15) is 0 Å². The van der Waals surface area contributed by atoms with E-state index in [1.807, 2.05) is 0 Å². The van der Waals surface area contributed by atoms with Crippen LogP contribution >= 0.6 is 0 Å². The van der Waals surface area contributed by atoms with Gasteiger partial charge in [0.1, 0.15) is 0 Å². The number of hydrogen-bond donors (Lipinski definition) is 1. The molecule has 0 unspecified atom stereocenters. The van der Waals surface area contributed by atoms with Gasteiger partial charge in [0.15, 0.2) is 0 Å². The molecule has 3 rings (SSSR count). The molecule has 2 N–H and O–H groups in total. The van der Waals surface area contributed by atoms with Gasteiger partial charge in [0.25, 0.3) is 0 Å². The maximum atomic E-state index is 6.30. The Hall–Kier alpha value is -1.32. The maximum absolute atomic E-state index is 6.30. The number of anilines is 1. The number of nitrogens with two attached hydrogens (primary N) is 1. The Bertz CT molecular complexity index is 595. The van der Waals surface area contributed by atoms with Crippen molar-refractivity contribution in [3.05, 3.63) is 35.4 Å². The van der Waals surface area contributed by atoms with Crippen molar-refractivity contribution >= 4 is 11.3 Å². The highest BCUT2D eigenvalue weighted by Crippen LogP contribution is 2.39. The molecular weight excluding hydrogens is 294 g/mol. The van der Waals surface area contributed by atoms with Crippen molar-refractivity contribution in [2.75, 3.05) is 38.5 Å². The largest absolute Gasteiger partial charge is 0.398 e. The van der Waals surface area contributed by atoms with Gasteiger partial charge in [-0.05, 0) is 54.5 Å². The van der Waals surface area contributed by atoms with Crippen LogP contribution in [0.2, 0.25) is 0 Å². The number of piperazine rings is 1. The summed E-state index contributed by atoms with van der Waals surface area (Å²) in [6, 6.07) is 6.65. The number of nitrogens with zero attached hydrogens (tertiary/aromatic N) is 2. The number of likely N-dealkylation sites (N-methyl/N-ethyl adjacent to an activating group) is 1. The third-order valence-electron chi connectivity index (χ3n) is 5.75. The van der Waals surface area contributed by atoms with Gasteiger partial charge < -0.3 is 10.6 Å². The van der Waals surface area contributed by atoms with Crippen LogP contribution in [0.1, 0.15) is 51.2 Å². The number of allylic oxidation sites excluding steroid dienone is 2. The molecule has 0 bridgehead atoms. The first-order valence-electron chi connectivity index (χ1n) is 9.49. The summed E-state index contributed by atoms with van der Waals surface area (Å²) in [7, 11) is 0. The Morgan fingerprint density at radius 1 is 1.08 bits per heavy atom. The predicted octanol–water partition coefficient (Wildman–Crippen LogP) is 4.00. The van der Waals surface area contributed by atoms with Gasteiger partial charge in [-0.3, -0.25) is 4.90 Å². The van der Waals surface area contributed by atoms with E-state index in [2.05, 4.69) is 54.8 Å². The molecule has 1 heterocycles. The average Bonchev–Trinajstić information content (AvgIpc) is 2.58. The first-order chi connectivity index (χ1) is 11.5. The summed E-state index contributed by atoms with van der Waals surface area (Å²) in [6.45, 7) is 13.9. The molecule has 0 spiro atoms. The molecule has 2 aliphatic rings. The quantitative estimate of drug-likeness (QED) is 0.849. The van der Waals surface area contributed by atoms with Crippen LogP contribution in [0.5, 0.6) is 0 Å². The minimum atomic E-state index is 0.439. The van der Waals surface area contributed by atoms with Gasteiger partial charge >= 0.3 is 0 Å². The van der Waals surface area contributed by atoms with Crippen LogP contribution < -0.4 is 5.73 Å². The molecular formula is C21H33N3. The van der Waals surface area contributed by atoms with Crippen molar-refractivity contribution in [3.8, 4) is 0 Å². The summed E-state index contributed by atoms with van der Waals surface area (Å²) >= 11 is 0. The summed E-state index contributed by atoms with van der Waals surface area (Å²) in [6.07, 6.45) is 5.97. The molecule has 0 amide bonds. The third-order valence-corrected chi connectivity index (χ3v) is 5.75. The summed E-state index contributed by atoms with van der Waals surface area (Å²) in [5.74, 6) is 0. The van der Waals surface area contributed by atoms with Crippen molar-refractivity contribution in [1.82, 2.24) is 9.80 Å². The van der Waals surface area contributed by atoms with E-state index in [-0.39, 0.29) is 0 Å². The van der Waals surface area contributed by atoms with Crippen molar-refractivity contribution in [1.29, 1.82) is 0 Å². The molecule has 1 aromatic rings. The van der Waals surface area contributed by atoms with E-state index in [0.29, 0.717) is 5.41 Å². The van der Waals surface area contributed by atoms with E-state index < -0.39 is 0 Å². The molecule has 1 aliphatic carbocycles. The van der Waals surface area contributed by atoms with E-state index in [1.165, 1.54) is 55.8 Å². The number of nitrogen functional groups attached to an aromatic ring is 1. The van der Waals surface area contributed by atoms with E-state index in [0.717, 1.165) is 25.1 Å². The zero-order valence-corrected chi connectivity index (χ0v) is 15.6. The zero-order valence-electron chi connectivity index (χ0n) is 15.6. The summed E-state index contributed by atoms with van der Waals surface area (Å²) in [5.41, 5.74) is 11.8. The van der Waals surface area contributed by atoms with Crippen LogP contribution in [-0.4, -0.2) is 42.5 Å². The Kier molecular flexibility index (Phi) is 5.31. The molecule has 132 valence electrons. The molecule has 1 saturated heterocycles. The highest BCUT2D eigenvalue weighted by molar-refractivity contribution is 5.76. The monoisotopic (exact) mass is 327 g/mol. The third kappa shape index (κ3) is 4.20. The molecule has 0 aromatic heterocycles. The lowest BCUT2D eigenvalue weighted by atomic mass is 9.77. The van der Waals surface area contributed by atoms with Crippen LogP contribution in [0.25, 0.3) is 5.57 Å². The lowest BCUT2D eigenvalue weighted by Crippen LogP contribution is -2.45. The number of rotatable bonds is 4. The second kappa shape index (κ2) is 7.28. The van der Waals surface area contributed by atoms with Crippen molar-refractivity contribution in [3.63, 3.8) is 0 Å². The standard InChI is InChI=1S/C21H33N3/c1-4-23-11-13-24(14-12-23)16-17-5-6-20(22)19(15-17)18-7-9-21(2,3)10-8-18/h5-7,15H,4,8-14,16,22H2,1-3H3. The molecule has 3 heteroatoms. The molecule has 24 heavy (non-hydrogen) atoms. The van der Waals surface area contributed by atoms with Gasteiger partial charge in [0.2, 0.25) is 0 Å². The SMILES string of the molecule is CCN1CCN(Cc2ccc(N)c(C3=CCC(C)(C)CC3)c2)CC1. The van der Waals surface area contributed by atoms with Crippen molar-refractivity contribution < 1.29 is 0 Å². The predicted molar refractivity (Wildman–Crippen MR) is 104 cm³/mol. The van der Waals surface area contributed by atoms with Crippen LogP contribution in [-0.2, 0) is 6.54 Å². The van der Waals surface area contributed by atoms with Gasteiger partial charge in [0, 0.05) is 44.0 Å². The Balaban J connectivity index is 1.69. The number of hydrogen-bond acceptors (Lipinski definition) is 3. The molecule has 1 fully saturated rings. The fourth-order valence-corrected chi connectivity index (χ4v) is 3.82. The number of benzene rings is 1. The van der Waals surface area contributed by atoms with E-state index >= 15 is 0 Å².